The van der Waals surface area contributed by atoms with Gasteiger partial charge >= 0.3 is 0 Å². The van der Waals surface area contributed by atoms with Crippen LogP contribution in [0.25, 0.3) is 0 Å². The van der Waals surface area contributed by atoms with Crippen molar-refractivity contribution in [2.45, 2.75) is 18.2 Å². The number of hydrogen-bond acceptors (Lipinski definition) is 6. The van der Waals surface area contributed by atoms with Crippen LogP contribution in [0.3, 0.4) is 0 Å². The molecule has 3 aromatic rings. The van der Waals surface area contributed by atoms with Crippen LogP contribution in [0.2, 0.25) is 5.02 Å². The third-order valence-corrected chi connectivity index (χ3v) is 5.76. The van der Waals surface area contributed by atoms with Gasteiger partial charge in [0.15, 0.2) is 4.34 Å². The van der Waals surface area contributed by atoms with E-state index in [2.05, 4.69) is 20.8 Å². The van der Waals surface area contributed by atoms with E-state index in [1.54, 1.807) is 0 Å². The van der Waals surface area contributed by atoms with Crippen LogP contribution >= 0.6 is 34.7 Å². The van der Waals surface area contributed by atoms with Gasteiger partial charge < -0.3 is 10.6 Å². The van der Waals surface area contributed by atoms with E-state index in [0.29, 0.717) is 10.2 Å². The van der Waals surface area contributed by atoms with E-state index >= 15 is 0 Å². The summed E-state index contributed by atoms with van der Waals surface area (Å²) in [5, 5.41) is 15.6. The number of aryl methyl sites for hydroxylation is 2. The average Bonchev–Trinajstić information content (AvgIpc) is 3.04. The maximum Gasteiger partial charge on any atom is 0.234 e. The molecule has 1 heterocycles. The molecule has 2 N–H and O–H groups in total. The van der Waals surface area contributed by atoms with Crippen molar-refractivity contribution in [3.8, 4) is 0 Å². The summed E-state index contributed by atoms with van der Waals surface area (Å²) in [6.45, 7) is 3.96. The second-order valence-corrected chi connectivity index (χ2v) is 8.25. The lowest BCUT2D eigenvalue weighted by Gasteiger charge is -2.10. The van der Waals surface area contributed by atoms with Crippen LogP contribution in [-0.2, 0) is 4.79 Å². The molecule has 0 atom stereocenters. The molecule has 0 aliphatic carbocycles. The highest BCUT2D eigenvalue weighted by Crippen LogP contribution is 2.28. The van der Waals surface area contributed by atoms with E-state index in [9.17, 15) is 4.79 Å². The maximum atomic E-state index is 12.2. The molecule has 0 spiro atoms. The first kappa shape index (κ1) is 18.7. The van der Waals surface area contributed by atoms with Crippen LogP contribution in [0.1, 0.15) is 11.1 Å². The lowest BCUT2D eigenvalue weighted by molar-refractivity contribution is -0.113. The standard InChI is InChI=1S/C18H17ClN4OS2/c1-11-5-3-6-12(2)16(11)21-15(24)10-25-18-23-22-17(26-18)20-14-8-4-7-13(19)9-14/h3-9H,10H2,1-2H3,(H,20,22)(H,21,24). The number of carbonyl (C=O) groups excluding carboxylic acids is 1. The molecule has 0 radical (unpaired) electrons. The Balaban J connectivity index is 1.55. The number of para-hydroxylation sites is 1. The van der Waals surface area contributed by atoms with Crippen LogP contribution in [0, 0.1) is 13.8 Å². The van der Waals surface area contributed by atoms with Crippen LogP contribution in [-0.4, -0.2) is 21.9 Å². The lowest BCUT2D eigenvalue weighted by atomic mass is 10.1. The highest BCUT2D eigenvalue weighted by molar-refractivity contribution is 8.01. The van der Waals surface area contributed by atoms with Crippen LogP contribution in [0.15, 0.2) is 46.8 Å². The smallest absolute Gasteiger partial charge is 0.234 e. The fraction of sp³-hybridized carbons (Fsp3) is 0.167. The van der Waals surface area contributed by atoms with Gasteiger partial charge in [0, 0.05) is 16.4 Å². The molecule has 1 amide bonds. The van der Waals surface area contributed by atoms with Gasteiger partial charge in [-0.25, -0.2) is 0 Å². The zero-order valence-electron chi connectivity index (χ0n) is 14.2. The molecule has 0 saturated carbocycles. The minimum absolute atomic E-state index is 0.0630. The first-order valence-corrected chi connectivity index (χ1v) is 10.0. The Morgan fingerprint density at radius 3 is 2.62 bits per heavy atom. The number of aromatic nitrogens is 2. The minimum Gasteiger partial charge on any atom is -0.330 e. The number of nitrogens with zero attached hydrogens (tertiary/aromatic N) is 2. The van der Waals surface area contributed by atoms with Gasteiger partial charge in [-0.05, 0) is 43.2 Å². The van der Waals surface area contributed by atoms with Crippen LogP contribution in [0.5, 0.6) is 0 Å². The maximum absolute atomic E-state index is 12.2. The van der Waals surface area contributed by atoms with Gasteiger partial charge in [-0.15, -0.1) is 10.2 Å². The molecule has 8 heteroatoms. The van der Waals surface area contributed by atoms with E-state index in [1.165, 1.54) is 23.1 Å². The van der Waals surface area contributed by atoms with E-state index in [0.717, 1.165) is 26.8 Å². The number of benzene rings is 2. The predicted octanol–water partition coefficient (Wildman–Crippen LogP) is 5.28. The topological polar surface area (TPSA) is 66.9 Å². The van der Waals surface area contributed by atoms with E-state index in [1.807, 2.05) is 56.3 Å². The molecule has 3 rings (SSSR count). The monoisotopic (exact) mass is 404 g/mol. The second kappa shape index (κ2) is 8.53. The van der Waals surface area contributed by atoms with Gasteiger partial charge in [0.2, 0.25) is 11.0 Å². The molecule has 0 bridgehead atoms. The summed E-state index contributed by atoms with van der Waals surface area (Å²) in [7, 11) is 0. The molecule has 0 aliphatic heterocycles. The van der Waals surface area contributed by atoms with Crippen molar-refractivity contribution >= 4 is 57.1 Å². The summed E-state index contributed by atoms with van der Waals surface area (Å²) < 4.78 is 0.728. The molecule has 5 nitrogen and oxygen atoms in total. The lowest BCUT2D eigenvalue weighted by Crippen LogP contribution is -2.15. The van der Waals surface area contributed by atoms with Crippen molar-refractivity contribution in [2.24, 2.45) is 0 Å². The number of rotatable bonds is 6. The van der Waals surface area contributed by atoms with Gasteiger partial charge in [-0.2, -0.15) is 0 Å². The molecule has 2 aromatic carbocycles. The normalized spacial score (nSPS) is 10.6. The van der Waals surface area contributed by atoms with Crippen molar-refractivity contribution in [1.29, 1.82) is 0 Å². The Labute approximate surface area is 165 Å². The summed E-state index contributed by atoms with van der Waals surface area (Å²) >= 11 is 8.72. The number of nitrogens with one attached hydrogen (secondary N) is 2. The number of hydrogen-bond donors (Lipinski definition) is 2. The number of halogens is 1. The Morgan fingerprint density at radius 2 is 1.88 bits per heavy atom. The quantitative estimate of drug-likeness (QED) is 0.547. The Bertz CT molecular complexity index is 909. The highest BCUT2D eigenvalue weighted by Gasteiger charge is 2.11. The van der Waals surface area contributed by atoms with Gasteiger partial charge in [0.05, 0.1) is 5.75 Å². The number of thioether (sulfide) groups is 1. The highest BCUT2D eigenvalue weighted by atomic mass is 35.5. The van der Waals surface area contributed by atoms with Crippen LogP contribution < -0.4 is 10.6 Å². The fourth-order valence-corrected chi connectivity index (χ4v) is 4.09. The van der Waals surface area contributed by atoms with E-state index < -0.39 is 0 Å². The van der Waals surface area contributed by atoms with Crippen molar-refractivity contribution < 1.29 is 4.79 Å². The first-order valence-electron chi connectivity index (χ1n) is 7.86. The summed E-state index contributed by atoms with van der Waals surface area (Å²) in [5.74, 6) is 0.214. The Kier molecular flexibility index (Phi) is 6.13. The SMILES string of the molecule is Cc1cccc(C)c1NC(=O)CSc1nnc(Nc2cccc(Cl)c2)s1. The molecule has 0 fully saturated rings. The summed E-state index contributed by atoms with van der Waals surface area (Å²) in [4.78, 5) is 12.2. The Hall–Kier alpha value is -2.09. The predicted molar refractivity (Wildman–Crippen MR) is 110 cm³/mol. The molecule has 134 valence electrons. The zero-order valence-corrected chi connectivity index (χ0v) is 16.6. The third kappa shape index (κ3) is 4.97. The van der Waals surface area contributed by atoms with Crippen LogP contribution in [0.4, 0.5) is 16.5 Å². The van der Waals surface area contributed by atoms with Crippen molar-refractivity contribution in [3.05, 3.63) is 58.6 Å². The summed E-state index contributed by atoms with van der Waals surface area (Å²) in [6, 6.07) is 13.3. The average molecular weight is 405 g/mol. The Morgan fingerprint density at radius 1 is 1.15 bits per heavy atom. The van der Waals surface area contributed by atoms with E-state index in [4.69, 9.17) is 11.6 Å². The minimum atomic E-state index is -0.0630. The molecular formula is C18H17ClN4OS2. The third-order valence-electron chi connectivity index (χ3n) is 3.55. The molecule has 0 saturated heterocycles. The summed E-state index contributed by atoms with van der Waals surface area (Å²) in [6.07, 6.45) is 0. The molecule has 26 heavy (non-hydrogen) atoms. The van der Waals surface area contributed by atoms with Crippen molar-refractivity contribution in [2.75, 3.05) is 16.4 Å². The molecule has 0 unspecified atom stereocenters. The second-order valence-electron chi connectivity index (χ2n) is 5.61. The number of carbonyl (C=O) groups is 1. The summed E-state index contributed by atoms with van der Waals surface area (Å²) in [5.41, 5.74) is 3.82. The first-order chi connectivity index (χ1) is 12.5. The number of anilines is 3. The van der Waals surface area contributed by atoms with Gasteiger partial charge in [0.25, 0.3) is 0 Å². The fourth-order valence-electron chi connectivity index (χ4n) is 2.32. The molecular weight excluding hydrogens is 388 g/mol. The zero-order chi connectivity index (χ0) is 18.5. The molecule has 0 aliphatic rings. The van der Waals surface area contributed by atoms with E-state index in [-0.39, 0.29) is 11.7 Å². The number of amides is 1. The van der Waals surface area contributed by atoms with Gasteiger partial charge in [-0.1, -0.05) is 59.0 Å². The van der Waals surface area contributed by atoms with Gasteiger partial charge in [-0.3, -0.25) is 4.79 Å². The van der Waals surface area contributed by atoms with Crippen molar-refractivity contribution in [3.63, 3.8) is 0 Å². The van der Waals surface area contributed by atoms with Gasteiger partial charge in [0.1, 0.15) is 0 Å². The molecule has 1 aromatic heterocycles. The largest absolute Gasteiger partial charge is 0.330 e. The van der Waals surface area contributed by atoms with Crippen molar-refractivity contribution in [1.82, 2.24) is 10.2 Å².